The average Bonchev–Trinajstić information content (AvgIpc) is 3.30. The Morgan fingerprint density at radius 2 is 1.95 bits per heavy atom. The van der Waals surface area contributed by atoms with Gasteiger partial charge in [0.1, 0.15) is 0 Å². The summed E-state index contributed by atoms with van der Waals surface area (Å²) in [5.74, 6) is 0.610. The molecule has 114 valence electrons. The Hall–Kier alpha value is -1.39. The lowest BCUT2D eigenvalue weighted by molar-refractivity contribution is -0.125. The molecule has 0 spiro atoms. The quantitative estimate of drug-likeness (QED) is 0.856. The van der Waals surface area contributed by atoms with Crippen LogP contribution in [0, 0.1) is 5.92 Å². The number of rotatable bonds is 4. The van der Waals surface area contributed by atoms with E-state index in [0.29, 0.717) is 11.0 Å². The fourth-order valence-corrected chi connectivity index (χ4v) is 4.50. The van der Waals surface area contributed by atoms with Crippen molar-refractivity contribution in [2.75, 3.05) is 13.1 Å². The molecular weight excluding hydrogens is 294 g/mol. The first kappa shape index (κ1) is 14.2. The van der Waals surface area contributed by atoms with Gasteiger partial charge in [-0.25, -0.2) is 0 Å². The minimum Gasteiger partial charge on any atom is -0.297 e. The van der Waals surface area contributed by atoms with Crippen LogP contribution in [0.1, 0.15) is 30.9 Å². The van der Waals surface area contributed by atoms with Crippen LogP contribution in [0.15, 0.2) is 42.0 Å². The molecule has 1 aromatic rings. The van der Waals surface area contributed by atoms with Crippen molar-refractivity contribution in [3.8, 4) is 0 Å². The van der Waals surface area contributed by atoms with Gasteiger partial charge in [-0.15, -0.1) is 0 Å². The summed E-state index contributed by atoms with van der Waals surface area (Å²) in [6.45, 7) is 1.64. The largest absolute Gasteiger partial charge is 0.297 e. The Labute approximate surface area is 134 Å². The van der Waals surface area contributed by atoms with Gasteiger partial charge < -0.3 is 0 Å². The topological polar surface area (TPSA) is 37.4 Å². The van der Waals surface area contributed by atoms with E-state index in [0.717, 1.165) is 37.9 Å². The van der Waals surface area contributed by atoms with E-state index in [-0.39, 0.29) is 17.1 Å². The van der Waals surface area contributed by atoms with E-state index >= 15 is 0 Å². The monoisotopic (exact) mass is 313 g/mol. The third-order valence-corrected chi connectivity index (χ3v) is 5.94. The fourth-order valence-electron chi connectivity index (χ4n) is 3.48. The van der Waals surface area contributed by atoms with Crippen molar-refractivity contribution in [3.63, 3.8) is 0 Å². The van der Waals surface area contributed by atoms with Crippen molar-refractivity contribution in [2.45, 2.75) is 30.6 Å². The van der Waals surface area contributed by atoms with Gasteiger partial charge in [-0.2, -0.15) is 0 Å². The van der Waals surface area contributed by atoms with E-state index in [2.05, 4.69) is 17.0 Å². The van der Waals surface area contributed by atoms with Gasteiger partial charge in [0, 0.05) is 24.3 Å². The minimum atomic E-state index is -0.142. The number of carbonyl (C=O) groups excluding carboxylic acids is 2. The van der Waals surface area contributed by atoms with Gasteiger partial charge in [-0.3, -0.25) is 14.5 Å². The summed E-state index contributed by atoms with van der Waals surface area (Å²) in [7, 11) is 0. The molecule has 3 nitrogen and oxygen atoms in total. The number of nitrogens with zero attached hydrogens (tertiary/aromatic N) is 1. The first-order chi connectivity index (χ1) is 10.7. The van der Waals surface area contributed by atoms with Crippen LogP contribution in [0.5, 0.6) is 0 Å². The van der Waals surface area contributed by atoms with Crippen LogP contribution < -0.4 is 0 Å². The molecule has 1 aromatic carbocycles. The molecule has 3 aliphatic rings. The Bertz CT molecular complexity index is 636. The number of carbonyl (C=O) groups is 2. The Morgan fingerprint density at radius 1 is 1.18 bits per heavy atom. The molecule has 1 saturated heterocycles. The second-order valence-electron chi connectivity index (χ2n) is 6.39. The molecule has 1 saturated carbocycles. The molecule has 0 aromatic heterocycles. The third kappa shape index (κ3) is 2.66. The first-order valence-electron chi connectivity index (χ1n) is 7.96. The lowest BCUT2D eigenvalue weighted by Gasteiger charge is -2.36. The van der Waals surface area contributed by atoms with Gasteiger partial charge in [0.2, 0.25) is 5.12 Å². The van der Waals surface area contributed by atoms with Gasteiger partial charge in [0.25, 0.3) is 0 Å². The normalized spacial score (nSPS) is 26.5. The van der Waals surface area contributed by atoms with Crippen LogP contribution in [0.2, 0.25) is 0 Å². The molecule has 0 radical (unpaired) electrons. The summed E-state index contributed by atoms with van der Waals surface area (Å²) in [5, 5.41) is 0.517. The summed E-state index contributed by atoms with van der Waals surface area (Å²) >= 11 is 1.44. The van der Waals surface area contributed by atoms with Crippen LogP contribution >= 0.6 is 11.8 Å². The van der Waals surface area contributed by atoms with Crippen molar-refractivity contribution in [1.82, 2.24) is 4.90 Å². The molecule has 0 unspecified atom stereocenters. The lowest BCUT2D eigenvalue weighted by atomic mass is 9.94. The number of piperidine rings is 1. The maximum atomic E-state index is 12.8. The highest BCUT2D eigenvalue weighted by molar-refractivity contribution is 8.15. The predicted octanol–water partition coefficient (Wildman–Crippen LogP) is 2.98. The van der Waals surface area contributed by atoms with Gasteiger partial charge >= 0.3 is 0 Å². The fraction of sp³-hybridized carbons (Fsp3) is 0.444. The average molecular weight is 313 g/mol. The molecule has 0 amide bonds. The van der Waals surface area contributed by atoms with E-state index in [4.69, 9.17) is 0 Å². The zero-order chi connectivity index (χ0) is 15.1. The third-order valence-electron chi connectivity index (χ3n) is 4.77. The van der Waals surface area contributed by atoms with Crippen molar-refractivity contribution < 1.29 is 9.59 Å². The van der Waals surface area contributed by atoms with E-state index < -0.39 is 0 Å². The zero-order valence-electron chi connectivity index (χ0n) is 12.4. The Morgan fingerprint density at radius 3 is 2.68 bits per heavy atom. The highest BCUT2D eigenvalue weighted by atomic mass is 32.2. The van der Waals surface area contributed by atoms with Crippen LogP contribution in [0.4, 0.5) is 0 Å². The second kappa shape index (κ2) is 5.67. The number of ketones is 1. The first-order valence-corrected chi connectivity index (χ1v) is 8.84. The number of benzene rings is 1. The number of likely N-dealkylation sites (tertiary alicyclic amines) is 1. The smallest absolute Gasteiger partial charge is 0.212 e. The van der Waals surface area contributed by atoms with Crippen molar-refractivity contribution >= 4 is 22.7 Å². The predicted molar refractivity (Wildman–Crippen MR) is 87.6 cm³/mol. The molecule has 0 N–H and O–H groups in total. The molecule has 2 fully saturated rings. The lowest BCUT2D eigenvalue weighted by Crippen LogP contribution is -2.42. The molecule has 22 heavy (non-hydrogen) atoms. The van der Waals surface area contributed by atoms with Gasteiger partial charge in [0.15, 0.2) is 5.78 Å². The molecule has 0 bridgehead atoms. The van der Waals surface area contributed by atoms with E-state index in [1.54, 1.807) is 6.08 Å². The van der Waals surface area contributed by atoms with Gasteiger partial charge in [-0.1, -0.05) is 42.1 Å². The molecule has 4 heteroatoms. The highest BCUT2D eigenvalue weighted by Crippen LogP contribution is 2.41. The molecule has 2 heterocycles. The maximum Gasteiger partial charge on any atom is 0.212 e. The maximum absolute atomic E-state index is 12.8. The summed E-state index contributed by atoms with van der Waals surface area (Å²) < 4.78 is 0. The Balaban J connectivity index is 1.62. The van der Waals surface area contributed by atoms with E-state index in [1.165, 1.54) is 17.3 Å². The SMILES string of the molecule is O=C1C=C2CN([C@@H](C(=O)C3CC3)c3ccccc3)CC[C@H]2S1. The number of hydrogen-bond acceptors (Lipinski definition) is 4. The van der Waals surface area contributed by atoms with Gasteiger partial charge in [-0.05, 0) is 36.5 Å². The molecule has 4 rings (SSSR count). The molecule has 2 atom stereocenters. The molecule has 1 aliphatic carbocycles. The number of fused-ring (bicyclic) bond motifs is 1. The second-order valence-corrected chi connectivity index (χ2v) is 7.60. The van der Waals surface area contributed by atoms with Gasteiger partial charge in [0.05, 0.1) is 6.04 Å². The van der Waals surface area contributed by atoms with Crippen molar-refractivity contribution in [3.05, 3.63) is 47.5 Å². The number of Topliss-reactive ketones (excluding diaryl/α,β-unsaturated/α-hetero) is 1. The summed E-state index contributed by atoms with van der Waals surface area (Å²) in [6.07, 6.45) is 4.82. The Kier molecular flexibility index (Phi) is 3.66. The van der Waals surface area contributed by atoms with E-state index in [9.17, 15) is 9.59 Å². The summed E-state index contributed by atoms with van der Waals surface area (Å²) in [6, 6.07) is 9.96. The van der Waals surface area contributed by atoms with E-state index in [1.807, 2.05) is 18.2 Å². The number of thioether (sulfide) groups is 1. The minimum absolute atomic E-state index is 0.142. The van der Waals surface area contributed by atoms with Crippen molar-refractivity contribution in [1.29, 1.82) is 0 Å². The van der Waals surface area contributed by atoms with Crippen molar-refractivity contribution in [2.24, 2.45) is 5.92 Å². The summed E-state index contributed by atoms with van der Waals surface area (Å²) in [4.78, 5) is 26.7. The highest BCUT2D eigenvalue weighted by Gasteiger charge is 2.41. The van der Waals surface area contributed by atoms with Crippen LogP contribution in [-0.4, -0.2) is 34.1 Å². The zero-order valence-corrected chi connectivity index (χ0v) is 13.2. The van der Waals surface area contributed by atoms with Crippen LogP contribution in [0.25, 0.3) is 0 Å². The van der Waals surface area contributed by atoms with Crippen LogP contribution in [-0.2, 0) is 9.59 Å². The molecule has 2 aliphatic heterocycles. The molecular formula is C18H19NO2S. The summed E-state index contributed by atoms with van der Waals surface area (Å²) in [5.41, 5.74) is 2.29. The number of hydrogen-bond donors (Lipinski definition) is 0. The standard InChI is InChI=1S/C18H19NO2S/c20-16-10-14-11-19(9-8-15(14)22-16)17(18(21)13-6-7-13)12-4-2-1-3-5-12/h1-5,10,13,15,17H,6-9,11H2/t15-,17-/m1/s1. The van der Waals surface area contributed by atoms with Crippen LogP contribution in [0.3, 0.4) is 0 Å².